The predicted molar refractivity (Wildman–Crippen MR) is 96.8 cm³/mol. The smallest absolute Gasteiger partial charge is 0.301 e. The molecule has 0 bridgehead atoms. The van der Waals surface area contributed by atoms with E-state index in [1.165, 1.54) is 12.1 Å². The maximum atomic E-state index is 12.9. The average molecular weight is 407 g/mol. The third-order valence-electron chi connectivity index (χ3n) is 3.93. The van der Waals surface area contributed by atoms with Gasteiger partial charge in [-0.3, -0.25) is 14.4 Å². The highest BCUT2D eigenvalue weighted by Crippen LogP contribution is 2.21. The van der Waals surface area contributed by atoms with Gasteiger partial charge >= 0.3 is 12.1 Å². The van der Waals surface area contributed by atoms with E-state index in [0.29, 0.717) is 0 Å². The summed E-state index contributed by atoms with van der Waals surface area (Å²) in [4.78, 5) is 36.9. The lowest BCUT2D eigenvalue weighted by molar-refractivity contribution is -0.167. The van der Waals surface area contributed by atoms with Gasteiger partial charge in [0, 0.05) is 17.0 Å². The summed E-state index contributed by atoms with van der Waals surface area (Å²) in [6, 6.07) is 8.99. The first-order valence-corrected chi connectivity index (χ1v) is 8.41. The van der Waals surface area contributed by atoms with Gasteiger partial charge in [0.25, 0.3) is 11.5 Å². The van der Waals surface area contributed by atoms with Gasteiger partial charge in [0.15, 0.2) is 11.5 Å². The van der Waals surface area contributed by atoms with Crippen molar-refractivity contribution in [2.75, 3.05) is 5.32 Å². The van der Waals surface area contributed by atoms with Gasteiger partial charge in [-0.2, -0.15) is 27.5 Å². The second kappa shape index (κ2) is 6.83. The molecule has 29 heavy (non-hydrogen) atoms. The summed E-state index contributed by atoms with van der Waals surface area (Å²) in [5.41, 5.74) is -1.46. The van der Waals surface area contributed by atoms with Crippen LogP contribution in [0.15, 0.2) is 41.2 Å². The number of carbonyl (C=O) groups excluding carboxylic acids is 2. The van der Waals surface area contributed by atoms with Crippen LogP contribution in [-0.4, -0.2) is 37.4 Å². The Morgan fingerprint density at radius 1 is 1.03 bits per heavy atom. The van der Waals surface area contributed by atoms with Crippen molar-refractivity contribution in [2.24, 2.45) is 0 Å². The second-order valence-corrected chi connectivity index (χ2v) is 7.24. The second-order valence-electron chi connectivity index (χ2n) is 7.24. The molecule has 0 aliphatic heterocycles. The van der Waals surface area contributed by atoms with Crippen molar-refractivity contribution < 1.29 is 22.8 Å². The van der Waals surface area contributed by atoms with E-state index in [4.69, 9.17) is 0 Å². The van der Waals surface area contributed by atoms with Gasteiger partial charge in [-0.1, -0.05) is 39.0 Å². The summed E-state index contributed by atoms with van der Waals surface area (Å²) >= 11 is 0. The molecule has 152 valence electrons. The van der Waals surface area contributed by atoms with Crippen LogP contribution in [0.5, 0.6) is 0 Å². The van der Waals surface area contributed by atoms with E-state index in [1.54, 1.807) is 44.3 Å². The number of carbonyl (C=O) groups is 2. The molecule has 0 fully saturated rings. The number of anilines is 1. The summed E-state index contributed by atoms with van der Waals surface area (Å²) in [6.07, 6.45) is -5.14. The Morgan fingerprint density at radius 2 is 1.66 bits per heavy atom. The van der Waals surface area contributed by atoms with Gasteiger partial charge in [-0.15, -0.1) is 5.10 Å². The zero-order valence-electron chi connectivity index (χ0n) is 15.6. The van der Waals surface area contributed by atoms with Gasteiger partial charge in [0.2, 0.25) is 0 Å². The maximum absolute atomic E-state index is 12.9. The molecule has 0 saturated carbocycles. The van der Waals surface area contributed by atoms with E-state index in [-0.39, 0.29) is 16.9 Å². The first kappa shape index (κ1) is 20.2. The van der Waals surface area contributed by atoms with Crippen LogP contribution in [-0.2, 0) is 10.2 Å². The van der Waals surface area contributed by atoms with Gasteiger partial charge in [0.05, 0.1) is 0 Å². The van der Waals surface area contributed by atoms with Crippen LogP contribution >= 0.6 is 0 Å². The summed E-state index contributed by atoms with van der Waals surface area (Å²) in [5.74, 6) is -3.40. The number of fused-ring (bicyclic) bond motifs is 1. The monoisotopic (exact) mass is 407 g/mol. The van der Waals surface area contributed by atoms with Gasteiger partial charge < -0.3 is 5.32 Å². The third kappa shape index (κ3) is 3.89. The molecule has 0 aliphatic rings. The van der Waals surface area contributed by atoms with Crippen LogP contribution in [0.4, 0.5) is 19.0 Å². The Morgan fingerprint density at radius 3 is 2.21 bits per heavy atom. The molecule has 0 atom stereocenters. The fraction of sp³-hybridized carbons (Fsp3) is 0.278. The molecule has 0 saturated heterocycles. The summed E-state index contributed by atoms with van der Waals surface area (Å²) in [7, 11) is 0. The predicted octanol–water partition coefficient (Wildman–Crippen LogP) is 2.38. The number of rotatable bonds is 2. The molecule has 1 aromatic carbocycles. The summed E-state index contributed by atoms with van der Waals surface area (Å²) in [6.45, 7) is 5.07. The lowest BCUT2D eigenvalue weighted by Gasteiger charge is -2.18. The van der Waals surface area contributed by atoms with Crippen LogP contribution in [0, 0.1) is 0 Å². The number of nitrogens with one attached hydrogen (secondary N) is 1. The molecule has 1 amide bonds. The largest absolute Gasteiger partial charge is 0.471 e. The Bertz CT molecular complexity index is 1160. The number of amides is 1. The minimum atomic E-state index is -5.14. The highest BCUT2D eigenvalue weighted by atomic mass is 19.4. The zero-order valence-corrected chi connectivity index (χ0v) is 15.6. The van der Waals surface area contributed by atoms with Crippen LogP contribution in [0.3, 0.4) is 0 Å². The van der Waals surface area contributed by atoms with Gasteiger partial charge in [0.1, 0.15) is 5.69 Å². The minimum Gasteiger partial charge on any atom is -0.301 e. The van der Waals surface area contributed by atoms with Crippen molar-refractivity contribution in [1.29, 1.82) is 0 Å². The SMILES string of the molecule is CC(C)(C)c1nn(C(=O)c2ccccc2)c2cc(NC(=O)C(F)(F)F)nn2c1=O. The van der Waals surface area contributed by atoms with E-state index in [1.807, 2.05) is 0 Å². The molecular weight excluding hydrogens is 391 g/mol. The Labute approximate surface area is 161 Å². The molecule has 0 aliphatic carbocycles. The first-order valence-electron chi connectivity index (χ1n) is 8.41. The summed E-state index contributed by atoms with van der Waals surface area (Å²) < 4.78 is 39.2. The zero-order chi connectivity index (χ0) is 21.6. The normalized spacial score (nSPS) is 12.2. The lowest BCUT2D eigenvalue weighted by atomic mass is 9.93. The fourth-order valence-corrected chi connectivity index (χ4v) is 2.54. The molecule has 0 spiro atoms. The molecule has 3 rings (SSSR count). The van der Waals surface area contributed by atoms with Crippen LogP contribution in [0.2, 0.25) is 0 Å². The van der Waals surface area contributed by atoms with Crippen molar-refractivity contribution in [2.45, 2.75) is 32.4 Å². The fourth-order valence-electron chi connectivity index (χ4n) is 2.54. The highest BCUT2D eigenvalue weighted by Gasteiger charge is 2.39. The molecule has 1 N–H and O–H groups in total. The molecule has 8 nitrogen and oxygen atoms in total. The van der Waals surface area contributed by atoms with Crippen LogP contribution in [0.25, 0.3) is 5.65 Å². The average Bonchev–Trinajstić information content (AvgIpc) is 3.04. The Hall–Kier alpha value is -3.50. The van der Waals surface area contributed by atoms with Gasteiger partial charge in [-0.25, -0.2) is 0 Å². The molecule has 2 aromatic heterocycles. The van der Waals surface area contributed by atoms with E-state index in [9.17, 15) is 27.6 Å². The maximum Gasteiger partial charge on any atom is 0.471 e. The number of nitrogens with zero attached hydrogens (tertiary/aromatic N) is 4. The molecule has 0 radical (unpaired) electrons. The van der Waals surface area contributed by atoms with E-state index >= 15 is 0 Å². The lowest BCUT2D eigenvalue weighted by Crippen LogP contribution is -2.35. The van der Waals surface area contributed by atoms with Gasteiger partial charge in [-0.05, 0) is 12.1 Å². The Balaban J connectivity index is 2.23. The van der Waals surface area contributed by atoms with Crippen molar-refractivity contribution >= 4 is 23.3 Å². The number of aromatic nitrogens is 4. The van der Waals surface area contributed by atoms with Crippen LogP contribution in [0.1, 0.15) is 36.8 Å². The van der Waals surface area contributed by atoms with Crippen molar-refractivity contribution in [3.05, 3.63) is 58.0 Å². The number of halogens is 3. The van der Waals surface area contributed by atoms with E-state index in [0.717, 1.165) is 15.3 Å². The Kier molecular flexibility index (Phi) is 4.77. The molecule has 0 unspecified atom stereocenters. The van der Waals surface area contributed by atoms with E-state index < -0.39 is 34.8 Å². The molecular formula is C18H16F3N5O3. The number of benzene rings is 1. The molecule has 3 aromatic rings. The topological polar surface area (TPSA) is 98.4 Å². The van der Waals surface area contributed by atoms with Crippen LogP contribution < -0.4 is 10.9 Å². The van der Waals surface area contributed by atoms with Crippen molar-refractivity contribution in [1.82, 2.24) is 19.4 Å². The minimum absolute atomic E-state index is 0.0221. The molecule has 11 heteroatoms. The standard InChI is InChI=1S/C18H16F3N5O3/c1-17(2,3)13-15(28)26-12(9-11(23-26)22-16(29)18(19,20)21)25(24-13)14(27)10-7-5-4-6-8-10/h4-9H,1-3H3,(H,22,23,29). The summed E-state index contributed by atoms with van der Waals surface area (Å²) in [5, 5.41) is 9.46. The number of hydrogen-bond acceptors (Lipinski definition) is 5. The molecule has 2 heterocycles. The third-order valence-corrected chi connectivity index (χ3v) is 3.93. The first-order chi connectivity index (χ1) is 13.4. The number of hydrogen-bond donors (Lipinski definition) is 1. The van der Waals surface area contributed by atoms with E-state index in [2.05, 4.69) is 10.2 Å². The quantitative estimate of drug-likeness (QED) is 0.703. The van der Waals surface area contributed by atoms with Crippen molar-refractivity contribution in [3.8, 4) is 0 Å². The van der Waals surface area contributed by atoms with Crippen molar-refractivity contribution in [3.63, 3.8) is 0 Å². The number of alkyl halides is 3. The highest BCUT2D eigenvalue weighted by molar-refractivity contribution is 5.98.